The molecule has 0 atom stereocenters. The number of aromatic nitrogens is 2. The van der Waals surface area contributed by atoms with Gasteiger partial charge in [0.05, 0.1) is 10.6 Å². The highest BCUT2D eigenvalue weighted by atomic mass is 32.2. The highest BCUT2D eigenvalue weighted by Gasteiger charge is 2.22. The van der Waals surface area contributed by atoms with Gasteiger partial charge in [-0.3, -0.25) is 14.2 Å². The Balaban J connectivity index is 1.48. The van der Waals surface area contributed by atoms with Crippen LogP contribution in [0.25, 0.3) is 0 Å². The smallest absolute Gasteiger partial charge is 0.261 e. The molecule has 1 heterocycles. The molecule has 1 aliphatic carbocycles. The van der Waals surface area contributed by atoms with E-state index >= 15 is 0 Å². The number of rotatable bonds is 5. The molecule has 0 unspecified atom stereocenters. The van der Waals surface area contributed by atoms with Gasteiger partial charge in [-0.1, -0.05) is 0 Å². The molecule has 2 N–H and O–H groups in total. The summed E-state index contributed by atoms with van der Waals surface area (Å²) >= 11 is 0. The van der Waals surface area contributed by atoms with Crippen molar-refractivity contribution >= 4 is 27.4 Å². The number of carbonyl (C=O) groups is 1. The van der Waals surface area contributed by atoms with Crippen molar-refractivity contribution in [1.82, 2.24) is 9.78 Å². The third kappa shape index (κ3) is 3.86. The number of aryl methyl sites for hydroxylation is 2. The van der Waals surface area contributed by atoms with Crippen LogP contribution < -0.4 is 10.0 Å². The second-order valence-electron chi connectivity index (χ2n) is 6.84. The highest BCUT2D eigenvalue weighted by molar-refractivity contribution is 7.92. The minimum Gasteiger partial charge on any atom is -0.307 e. The summed E-state index contributed by atoms with van der Waals surface area (Å²) < 4.78 is 41.8. The van der Waals surface area contributed by atoms with Gasteiger partial charge in [-0.15, -0.1) is 0 Å². The van der Waals surface area contributed by atoms with Crippen molar-refractivity contribution in [3.8, 4) is 0 Å². The largest absolute Gasteiger partial charge is 0.307 e. The van der Waals surface area contributed by atoms with E-state index in [4.69, 9.17) is 0 Å². The summed E-state index contributed by atoms with van der Waals surface area (Å²) in [6.07, 6.45) is 2.84. The molecule has 0 spiro atoms. The van der Waals surface area contributed by atoms with Crippen molar-refractivity contribution in [3.63, 3.8) is 0 Å². The second-order valence-corrected chi connectivity index (χ2v) is 8.52. The van der Waals surface area contributed by atoms with Crippen LogP contribution in [0.2, 0.25) is 0 Å². The summed E-state index contributed by atoms with van der Waals surface area (Å²) in [5, 5.41) is 7.32. The Labute approximate surface area is 167 Å². The van der Waals surface area contributed by atoms with Gasteiger partial charge in [0.2, 0.25) is 0 Å². The van der Waals surface area contributed by atoms with Gasteiger partial charge in [0.1, 0.15) is 11.6 Å². The van der Waals surface area contributed by atoms with Crippen LogP contribution in [0.5, 0.6) is 0 Å². The van der Waals surface area contributed by atoms with E-state index in [1.54, 1.807) is 11.7 Å². The molecule has 29 heavy (non-hydrogen) atoms. The average Bonchev–Trinajstić information content (AvgIpc) is 3.24. The molecule has 3 aromatic rings. The third-order valence-corrected chi connectivity index (χ3v) is 6.22. The van der Waals surface area contributed by atoms with Gasteiger partial charge in [0.15, 0.2) is 0 Å². The highest BCUT2D eigenvalue weighted by Crippen LogP contribution is 2.28. The Bertz CT molecular complexity index is 1170. The summed E-state index contributed by atoms with van der Waals surface area (Å²) in [5.41, 5.74) is 2.79. The molecule has 150 valence electrons. The molecule has 4 rings (SSSR count). The number of nitrogens with one attached hydrogen (secondary N) is 2. The van der Waals surface area contributed by atoms with Crippen molar-refractivity contribution in [2.45, 2.75) is 24.2 Å². The van der Waals surface area contributed by atoms with E-state index < -0.39 is 15.8 Å². The molecule has 9 heteroatoms. The van der Waals surface area contributed by atoms with Gasteiger partial charge in [0.25, 0.3) is 15.9 Å². The lowest BCUT2D eigenvalue weighted by molar-refractivity contribution is 0.102. The zero-order valence-corrected chi connectivity index (χ0v) is 16.5. The fourth-order valence-corrected chi connectivity index (χ4v) is 4.43. The lowest BCUT2D eigenvalue weighted by atomic mass is 10.2. The molecular formula is C20H19FN4O3S. The Morgan fingerprint density at radius 1 is 1.07 bits per heavy atom. The number of nitrogens with zero attached hydrogens (tertiary/aromatic N) is 2. The predicted octanol–water partition coefficient (Wildman–Crippen LogP) is 3.10. The molecule has 7 nitrogen and oxygen atoms in total. The second kappa shape index (κ2) is 7.32. The Hall–Kier alpha value is -3.20. The number of halogens is 1. The summed E-state index contributed by atoms with van der Waals surface area (Å²) in [6, 6.07) is 10.6. The lowest BCUT2D eigenvalue weighted by Gasteiger charge is -2.10. The Morgan fingerprint density at radius 3 is 2.45 bits per heavy atom. The normalized spacial score (nSPS) is 13.2. The zero-order chi connectivity index (χ0) is 20.6. The SMILES string of the molecule is Cn1nc2c(c1NC(=O)c1ccc(NS(=O)(=O)c3ccc(F)cc3)cc1)CCC2. The van der Waals surface area contributed by atoms with E-state index in [9.17, 15) is 17.6 Å². The van der Waals surface area contributed by atoms with Gasteiger partial charge in [-0.25, -0.2) is 12.8 Å². The Kier molecular flexibility index (Phi) is 4.83. The molecule has 0 aliphatic heterocycles. The van der Waals surface area contributed by atoms with E-state index in [0.717, 1.165) is 42.7 Å². The van der Waals surface area contributed by atoms with Crippen LogP contribution in [0.15, 0.2) is 53.4 Å². The first kappa shape index (κ1) is 19.1. The van der Waals surface area contributed by atoms with Crippen LogP contribution in [-0.4, -0.2) is 24.1 Å². The Morgan fingerprint density at radius 2 is 1.76 bits per heavy atom. The van der Waals surface area contributed by atoms with E-state index in [-0.39, 0.29) is 10.8 Å². The van der Waals surface area contributed by atoms with E-state index in [1.165, 1.54) is 36.4 Å². The van der Waals surface area contributed by atoms with Crippen LogP contribution >= 0.6 is 0 Å². The topological polar surface area (TPSA) is 93.1 Å². The molecule has 0 saturated heterocycles. The molecule has 1 aromatic heterocycles. The van der Waals surface area contributed by atoms with Crippen LogP contribution in [0.1, 0.15) is 28.0 Å². The number of sulfonamides is 1. The predicted molar refractivity (Wildman–Crippen MR) is 107 cm³/mol. The van der Waals surface area contributed by atoms with E-state index in [2.05, 4.69) is 15.1 Å². The fraction of sp³-hybridized carbons (Fsp3) is 0.200. The molecule has 1 aliphatic rings. The standard InChI is InChI=1S/C20H19FN4O3S/c1-25-19(17-3-2-4-18(17)23-25)22-20(26)13-5-9-15(10-6-13)24-29(27,28)16-11-7-14(21)8-12-16/h5-12,24H,2-4H2,1H3,(H,22,26). The quantitative estimate of drug-likeness (QED) is 0.671. The minimum atomic E-state index is -3.85. The van der Waals surface area contributed by atoms with Gasteiger partial charge in [-0.05, 0) is 67.8 Å². The van der Waals surface area contributed by atoms with Gasteiger partial charge in [0, 0.05) is 23.9 Å². The molecule has 1 amide bonds. The van der Waals surface area contributed by atoms with E-state index in [0.29, 0.717) is 17.1 Å². The summed E-state index contributed by atoms with van der Waals surface area (Å²) in [5.74, 6) is -0.113. The van der Waals surface area contributed by atoms with Gasteiger partial charge >= 0.3 is 0 Å². The maximum atomic E-state index is 13.0. The summed E-state index contributed by atoms with van der Waals surface area (Å²) in [4.78, 5) is 12.5. The van der Waals surface area contributed by atoms with E-state index in [1.807, 2.05) is 0 Å². The number of anilines is 2. The number of fused-ring (bicyclic) bond motifs is 1. The van der Waals surface area contributed by atoms with Crippen molar-refractivity contribution in [3.05, 3.63) is 71.2 Å². The third-order valence-electron chi connectivity index (χ3n) is 4.82. The number of carbonyl (C=O) groups excluding carboxylic acids is 1. The number of amides is 1. The summed E-state index contributed by atoms with van der Waals surface area (Å²) in [7, 11) is -2.05. The number of hydrogen-bond acceptors (Lipinski definition) is 4. The molecule has 2 aromatic carbocycles. The summed E-state index contributed by atoms with van der Waals surface area (Å²) in [6.45, 7) is 0. The first-order valence-corrected chi connectivity index (χ1v) is 10.6. The van der Waals surface area contributed by atoms with Crippen LogP contribution in [0, 0.1) is 5.82 Å². The van der Waals surface area contributed by atoms with Crippen molar-refractivity contribution in [1.29, 1.82) is 0 Å². The minimum absolute atomic E-state index is 0.0502. The molecule has 0 fully saturated rings. The monoisotopic (exact) mass is 414 g/mol. The van der Waals surface area contributed by atoms with Crippen LogP contribution in [0.3, 0.4) is 0 Å². The van der Waals surface area contributed by atoms with Crippen molar-refractivity contribution in [2.75, 3.05) is 10.0 Å². The van der Waals surface area contributed by atoms with Gasteiger partial charge < -0.3 is 5.32 Å². The van der Waals surface area contributed by atoms with Gasteiger partial charge in [-0.2, -0.15) is 5.10 Å². The zero-order valence-electron chi connectivity index (χ0n) is 15.6. The molecule has 0 radical (unpaired) electrons. The molecule has 0 bridgehead atoms. The van der Waals surface area contributed by atoms with Crippen LogP contribution in [-0.2, 0) is 29.9 Å². The maximum absolute atomic E-state index is 13.0. The maximum Gasteiger partial charge on any atom is 0.261 e. The first-order valence-electron chi connectivity index (χ1n) is 9.08. The number of benzene rings is 2. The first-order chi connectivity index (χ1) is 13.8. The van der Waals surface area contributed by atoms with Crippen LogP contribution in [0.4, 0.5) is 15.9 Å². The lowest BCUT2D eigenvalue weighted by Crippen LogP contribution is -2.16. The molecule has 0 saturated carbocycles. The van der Waals surface area contributed by atoms with Crippen molar-refractivity contribution < 1.29 is 17.6 Å². The fourth-order valence-electron chi connectivity index (χ4n) is 3.37. The number of hydrogen-bond donors (Lipinski definition) is 2. The average molecular weight is 414 g/mol. The molecular weight excluding hydrogens is 395 g/mol. The van der Waals surface area contributed by atoms with Crippen molar-refractivity contribution in [2.24, 2.45) is 7.05 Å².